The van der Waals surface area contributed by atoms with Crippen molar-refractivity contribution in [3.8, 4) is 0 Å². The van der Waals surface area contributed by atoms with Crippen molar-refractivity contribution in [2.45, 2.75) is 6.10 Å². The monoisotopic (exact) mass is 152 g/mol. The van der Waals surface area contributed by atoms with E-state index in [9.17, 15) is 9.59 Å². The van der Waals surface area contributed by atoms with Crippen LogP contribution in [-0.4, -0.2) is 33.9 Å². The van der Waals surface area contributed by atoms with Gasteiger partial charge >= 0.3 is 5.97 Å². The molecule has 0 aliphatic carbocycles. The summed E-state index contributed by atoms with van der Waals surface area (Å²) in [6, 6.07) is 0. The van der Waals surface area contributed by atoms with Gasteiger partial charge < -0.3 is 10.2 Å². The second kappa shape index (κ2) is 3.42. The molecule has 9 heavy (non-hydrogen) atoms. The van der Waals surface area contributed by atoms with Gasteiger partial charge in [-0.1, -0.05) is 0 Å². The van der Waals surface area contributed by atoms with Crippen LogP contribution in [0.15, 0.2) is 0 Å². The zero-order chi connectivity index (χ0) is 7.44. The van der Waals surface area contributed by atoms with E-state index >= 15 is 0 Å². The van der Waals surface area contributed by atoms with Crippen LogP contribution in [0.1, 0.15) is 0 Å². The molecule has 0 aliphatic heterocycles. The number of ketones is 1. The Labute approximate surface area is 56.0 Å². The molecule has 1 atom stereocenters. The molecule has 52 valence electrons. The van der Waals surface area contributed by atoms with Gasteiger partial charge in [0.2, 0.25) is 0 Å². The topological polar surface area (TPSA) is 74.6 Å². The first-order valence-corrected chi connectivity index (χ1v) is 2.64. The van der Waals surface area contributed by atoms with E-state index in [1.54, 1.807) is 0 Å². The van der Waals surface area contributed by atoms with Crippen LogP contribution in [0.25, 0.3) is 0 Å². The van der Waals surface area contributed by atoms with Gasteiger partial charge in [-0.25, -0.2) is 4.79 Å². The van der Waals surface area contributed by atoms with Crippen molar-refractivity contribution in [2.75, 3.05) is 5.88 Å². The number of alkyl halides is 1. The Morgan fingerprint density at radius 2 is 2.00 bits per heavy atom. The molecular formula is C4H5ClO4. The molecular weight excluding hydrogens is 147 g/mol. The van der Waals surface area contributed by atoms with E-state index < -0.39 is 17.9 Å². The molecule has 4 nitrogen and oxygen atoms in total. The van der Waals surface area contributed by atoms with Crippen LogP contribution in [0.3, 0.4) is 0 Å². The first-order valence-electron chi connectivity index (χ1n) is 2.10. The van der Waals surface area contributed by atoms with E-state index in [0.29, 0.717) is 0 Å². The number of aliphatic hydroxyl groups is 1. The quantitative estimate of drug-likeness (QED) is 0.412. The Balaban J connectivity index is 3.88. The van der Waals surface area contributed by atoms with E-state index in [2.05, 4.69) is 0 Å². The Bertz CT molecular complexity index is 133. The number of carbonyl (C=O) groups excluding carboxylic acids is 1. The molecule has 0 spiro atoms. The van der Waals surface area contributed by atoms with E-state index in [0.717, 1.165) is 0 Å². The van der Waals surface area contributed by atoms with Gasteiger partial charge in [-0.05, 0) is 0 Å². The second-order valence-corrected chi connectivity index (χ2v) is 1.65. The normalized spacial score (nSPS) is 12.7. The first kappa shape index (κ1) is 8.39. The Hall–Kier alpha value is -0.610. The fraction of sp³-hybridized carbons (Fsp3) is 0.500. The van der Waals surface area contributed by atoms with E-state index in [1.807, 2.05) is 0 Å². The summed E-state index contributed by atoms with van der Waals surface area (Å²) in [6.45, 7) is 0. The summed E-state index contributed by atoms with van der Waals surface area (Å²) in [5, 5.41) is 16.3. The van der Waals surface area contributed by atoms with Crippen LogP contribution in [0.4, 0.5) is 0 Å². The minimum absolute atomic E-state index is 0.384. The average molecular weight is 153 g/mol. The molecule has 0 saturated carbocycles. The fourth-order valence-electron chi connectivity index (χ4n) is 0.213. The Kier molecular flexibility index (Phi) is 3.19. The van der Waals surface area contributed by atoms with Crippen molar-refractivity contribution in [1.29, 1.82) is 0 Å². The molecule has 0 aromatic heterocycles. The number of carboxylic acids is 1. The highest BCUT2D eigenvalue weighted by molar-refractivity contribution is 6.36. The van der Waals surface area contributed by atoms with Gasteiger partial charge in [-0.3, -0.25) is 4.79 Å². The third-order valence-electron chi connectivity index (χ3n) is 0.660. The fourth-order valence-corrected chi connectivity index (χ4v) is 0.353. The van der Waals surface area contributed by atoms with Crippen molar-refractivity contribution >= 4 is 23.4 Å². The van der Waals surface area contributed by atoms with Crippen LogP contribution in [0.5, 0.6) is 0 Å². The number of carbonyl (C=O) groups is 2. The molecule has 0 fully saturated rings. The van der Waals surface area contributed by atoms with Gasteiger partial charge in [0.15, 0.2) is 0 Å². The molecule has 0 saturated heterocycles. The van der Waals surface area contributed by atoms with Crippen LogP contribution in [0, 0.1) is 0 Å². The molecule has 0 heterocycles. The third kappa shape index (κ3) is 2.43. The van der Waals surface area contributed by atoms with Crippen LogP contribution in [-0.2, 0) is 9.59 Å². The SMILES string of the molecule is O=C(O)C(=O)C(O)CCl. The number of Topliss-reactive ketones (excluding diaryl/α,β-unsaturated/α-hetero) is 1. The highest BCUT2D eigenvalue weighted by Gasteiger charge is 2.20. The van der Waals surface area contributed by atoms with Crippen LogP contribution < -0.4 is 0 Å². The second-order valence-electron chi connectivity index (χ2n) is 1.34. The van der Waals surface area contributed by atoms with E-state index in [1.165, 1.54) is 0 Å². The number of hydrogen-bond donors (Lipinski definition) is 2. The summed E-state index contributed by atoms with van der Waals surface area (Å²) < 4.78 is 0. The lowest BCUT2D eigenvalue weighted by Gasteiger charge is -1.97. The van der Waals surface area contributed by atoms with Gasteiger partial charge in [0.05, 0.1) is 5.88 Å². The average Bonchev–Trinajstić information content (AvgIpc) is 1.84. The maximum Gasteiger partial charge on any atom is 0.375 e. The number of carboxylic acid groups (broad SMARTS) is 1. The predicted octanol–water partition coefficient (Wildman–Crippen LogP) is -0.760. The van der Waals surface area contributed by atoms with E-state index in [4.69, 9.17) is 21.8 Å². The zero-order valence-electron chi connectivity index (χ0n) is 4.37. The number of rotatable bonds is 3. The molecule has 0 aromatic rings. The molecule has 0 aromatic carbocycles. The number of halogens is 1. The molecule has 1 unspecified atom stereocenters. The van der Waals surface area contributed by atoms with Gasteiger partial charge in [-0.15, -0.1) is 11.6 Å². The van der Waals surface area contributed by atoms with Crippen LogP contribution >= 0.6 is 11.6 Å². The lowest BCUT2D eigenvalue weighted by molar-refractivity contribution is -0.152. The van der Waals surface area contributed by atoms with Crippen LogP contribution in [0.2, 0.25) is 0 Å². The van der Waals surface area contributed by atoms with Crippen molar-refractivity contribution in [3.63, 3.8) is 0 Å². The summed E-state index contributed by atoms with van der Waals surface area (Å²) in [7, 11) is 0. The molecule has 2 N–H and O–H groups in total. The summed E-state index contributed by atoms with van der Waals surface area (Å²) in [5.74, 6) is -3.32. The maximum absolute atomic E-state index is 10.1. The molecule has 0 aliphatic rings. The summed E-state index contributed by atoms with van der Waals surface area (Å²) in [5.41, 5.74) is 0. The summed E-state index contributed by atoms with van der Waals surface area (Å²) in [4.78, 5) is 19.9. The number of aliphatic hydroxyl groups excluding tert-OH is 1. The van der Waals surface area contributed by atoms with Crippen molar-refractivity contribution in [2.24, 2.45) is 0 Å². The number of hydrogen-bond acceptors (Lipinski definition) is 3. The Morgan fingerprint density at radius 1 is 1.56 bits per heavy atom. The van der Waals surface area contributed by atoms with E-state index in [-0.39, 0.29) is 5.88 Å². The van der Waals surface area contributed by atoms with Gasteiger partial charge in [0.1, 0.15) is 6.10 Å². The number of aliphatic carboxylic acids is 1. The Morgan fingerprint density at radius 3 is 2.11 bits per heavy atom. The highest BCUT2D eigenvalue weighted by atomic mass is 35.5. The largest absolute Gasteiger partial charge is 0.475 e. The summed E-state index contributed by atoms with van der Waals surface area (Å²) in [6.07, 6.45) is -1.58. The van der Waals surface area contributed by atoms with Gasteiger partial charge in [0, 0.05) is 0 Å². The molecule has 0 rings (SSSR count). The maximum atomic E-state index is 10.1. The minimum atomic E-state index is -1.66. The van der Waals surface area contributed by atoms with Gasteiger partial charge in [0.25, 0.3) is 5.78 Å². The van der Waals surface area contributed by atoms with Crippen molar-refractivity contribution in [1.82, 2.24) is 0 Å². The molecule has 0 amide bonds. The zero-order valence-corrected chi connectivity index (χ0v) is 5.13. The lowest BCUT2D eigenvalue weighted by Crippen LogP contribution is -2.29. The molecule has 0 radical (unpaired) electrons. The lowest BCUT2D eigenvalue weighted by atomic mass is 10.3. The third-order valence-corrected chi connectivity index (χ3v) is 0.952. The smallest absolute Gasteiger partial charge is 0.375 e. The van der Waals surface area contributed by atoms with Gasteiger partial charge in [-0.2, -0.15) is 0 Å². The first-order chi connectivity index (χ1) is 4.09. The standard InChI is InChI=1S/C4H5ClO4/c5-1-2(6)3(7)4(8)9/h2,6H,1H2,(H,8,9). The molecule has 5 heteroatoms. The predicted molar refractivity (Wildman–Crippen MR) is 29.4 cm³/mol. The highest BCUT2D eigenvalue weighted by Crippen LogP contribution is 1.88. The summed E-state index contributed by atoms with van der Waals surface area (Å²) >= 11 is 4.96. The minimum Gasteiger partial charge on any atom is -0.475 e. The van der Waals surface area contributed by atoms with Crippen molar-refractivity contribution < 1.29 is 19.8 Å². The molecule has 0 bridgehead atoms. The van der Waals surface area contributed by atoms with Crippen molar-refractivity contribution in [3.05, 3.63) is 0 Å².